The molecule has 96 valence electrons. The molecular weight excluding hydrogens is 278 g/mol. The highest BCUT2D eigenvalue weighted by Gasteiger charge is 2.19. The van der Waals surface area contributed by atoms with Crippen molar-refractivity contribution in [3.8, 4) is 0 Å². The third-order valence-corrected chi connectivity index (χ3v) is 3.74. The monoisotopic (exact) mass is 299 g/mol. The molecule has 0 saturated heterocycles. The highest BCUT2D eigenvalue weighted by atomic mass is 79.9. The first-order valence-electron chi connectivity index (χ1n) is 5.96. The van der Waals surface area contributed by atoms with Crippen molar-refractivity contribution in [2.75, 3.05) is 14.2 Å². The summed E-state index contributed by atoms with van der Waals surface area (Å²) in [5.41, 5.74) is 1.27. The maximum Gasteiger partial charge on any atom is 0.0623 e. The Bertz CT molecular complexity index is 335. The van der Waals surface area contributed by atoms with Gasteiger partial charge in [-0.05, 0) is 51.4 Å². The van der Waals surface area contributed by atoms with Crippen LogP contribution < -0.4 is 5.32 Å². The smallest absolute Gasteiger partial charge is 0.0623 e. The standard InChI is InChI=1S/C14H22BrNO/c1-14(2,17-4)10-9-13(16-3)11-5-7-12(15)8-6-11/h5-8,13,16H,9-10H2,1-4H3. The van der Waals surface area contributed by atoms with E-state index in [1.807, 2.05) is 7.05 Å². The summed E-state index contributed by atoms with van der Waals surface area (Å²) >= 11 is 3.46. The number of rotatable bonds is 6. The molecular formula is C14H22BrNO. The molecule has 0 fully saturated rings. The van der Waals surface area contributed by atoms with Crippen LogP contribution in [-0.4, -0.2) is 19.8 Å². The Morgan fingerprint density at radius 1 is 1.29 bits per heavy atom. The van der Waals surface area contributed by atoms with Crippen LogP contribution in [0.2, 0.25) is 0 Å². The molecule has 0 aliphatic rings. The zero-order valence-corrected chi connectivity index (χ0v) is 12.7. The molecule has 0 aliphatic heterocycles. The maximum atomic E-state index is 5.45. The fourth-order valence-corrected chi connectivity index (χ4v) is 2.03. The minimum atomic E-state index is -0.0511. The zero-order valence-electron chi connectivity index (χ0n) is 11.1. The number of benzene rings is 1. The van der Waals surface area contributed by atoms with Gasteiger partial charge in [0.25, 0.3) is 0 Å². The quantitative estimate of drug-likeness (QED) is 0.860. The van der Waals surface area contributed by atoms with Crippen LogP contribution in [-0.2, 0) is 4.74 Å². The van der Waals surface area contributed by atoms with E-state index in [0.29, 0.717) is 6.04 Å². The molecule has 0 amide bonds. The van der Waals surface area contributed by atoms with Crippen molar-refractivity contribution >= 4 is 15.9 Å². The van der Waals surface area contributed by atoms with Crippen LogP contribution in [0.25, 0.3) is 0 Å². The van der Waals surface area contributed by atoms with Gasteiger partial charge in [0.15, 0.2) is 0 Å². The SMILES string of the molecule is CNC(CCC(C)(C)OC)c1ccc(Br)cc1. The normalized spacial score (nSPS) is 13.7. The number of hydrogen-bond acceptors (Lipinski definition) is 2. The third-order valence-electron chi connectivity index (χ3n) is 3.21. The first kappa shape index (κ1) is 14.7. The van der Waals surface area contributed by atoms with Crippen molar-refractivity contribution in [3.05, 3.63) is 34.3 Å². The van der Waals surface area contributed by atoms with Gasteiger partial charge in [-0.15, -0.1) is 0 Å². The lowest BCUT2D eigenvalue weighted by atomic mass is 9.95. The van der Waals surface area contributed by atoms with Crippen LogP contribution >= 0.6 is 15.9 Å². The predicted molar refractivity (Wildman–Crippen MR) is 76.3 cm³/mol. The molecule has 1 atom stereocenters. The first-order valence-corrected chi connectivity index (χ1v) is 6.75. The summed E-state index contributed by atoms with van der Waals surface area (Å²) in [5.74, 6) is 0. The van der Waals surface area contributed by atoms with Gasteiger partial charge in [0.1, 0.15) is 0 Å². The average molecular weight is 300 g/mol. The summed E-state index contributed by atoms with van der Waals surface area (Å²) in [4.78, 5) is 0. The Hall–Kier alpha value is -0.380. The summed E-state index contributed by atoms with van der Waals surface area (Å²) in [5, 5.41) is 3.36. The topological polar surface area (TPSA) is 21.3 Å². The van der Waals surface area contributed by atoms with E-state index < -0.39 is 0 Å². The minimum Gasteiger partial charge on any atom is -0.379 e. The van der Waals surface area contributed by atoms with Gasteiger partial charge in [0.2, 0.25) is 0 Å². The van der Waals surface area contributed by atoms with Crippen molar-refractivity contribution in [1.82, 2.24) is 5.32 Å². The first-order chi connectivity index (χ1) is 7.98. The van der Waals surface area contributed by atoms with Gasteiger partial charge in [-0.25, -0.2) is 0 Å². The molecule has 17 heavy (non-hydrogen) atoms. The van der Waals surface area contributed by atoms with Gasteiger partial charge in [0.05, 0.1) is 5.60 Å². The fraction of sp³-hybridized carbons (Fsp3) is 0.571. The van der Waals surface area contributed by atoms with Crippen LogP contribution in [0, 0.1) is 0 Å². The lowest BCUT2D eigenvalue weighted by Gasteiger charge is -2.26. The lowest BCUT2D eigenvalue weighted by Crippen LogP contribution is -2.25. The second kappa shape index (κ2) is 6.53. The number of halogens is 1. The Kier molecular flexibility index (Phi) is 5.63. The molecule has 0 bridgehead atoms. The molecule has 0 aromatic heterocycles. The molecule has 1 rings (SSSR count). The highest BCUT2D eigenvalue weighted by molar-refractivity contribution is 9.10. The van der Waals surface area contributed by atoms with Crippen LogP contribution in [0.4, 0.5) is 0 Å². The molecule has 3 heteroatoms. The van der Waals surface area contributed by atoms with Crippen LogP contribution in [0.3, 0.4) is 0 Å². The Morgan fingerprint density at radius 3 is 2.35 bits per heavy atom. The van der Waals surface area contributed by atoms with Crippen LogP contribution in [0.1, 0.15) is 38.3 Å². The average Bonchev–Trinajstić information content (AvgIpc) is 2.32. The Labute approximate surface area is 113 Å². The van der Waals surface area contributed by atoms with Crippen LogP contribution in [0.5, 0.6) is 0 Å². The highest BCUT2D eigenvalue weighted by Crippen LogP contribution is 2.25. The fourth-order valence-electron chi connectivity index (χ4n) is 1.77. The van der Waals surface area contributed by atoms with E-state index in [2.05, 4.69) is 59.4 Å². The van der Waals surface area contributed by atoms with Crippen molar-refractivity contribution in [2.24, 2.45) is 0 Å². The molecule has 0 heterocycles. The second-order valence-corrected chi connectivity index (χ2v) is 5.81. The van der Waals surface area contributed by atoms with Gasteiger partial charge in [-0.1, -0.05) is 28.1 Å². The van der Waals surface area contributed by atoms with Gasteiger partial charge in [-0.2, -0.15) is 0 Å². The van der Waals surface area contributed by atoms with E-state index >= 15 is 0 Å². The molecule has 0 saturated carbocycles. The summed E-state index contributed by atoms with van der Waals surface area (Å²) in [6.45, 7) is 4.25. The van der Waals surface area contributed by atoms with E-state index in [0.717, 1.165) is 17.3 Å². The molecule has 1 N–H and O–H groups in total. The summed E-state index contributed by atoms with van der Waals surface area (Å²) in [6, 6.07) is 8.87. The number of methoxy groups -OCH3 is 1. The van der Waals surface area contributed by atoms with Gasteiger partial charge in [0, 0.05) is 17.6 Å². The van der Waals surface area contributed by atoms with Crippen LogP contribution in [0.15, 0.2) is 28.7 Å². The molecule has 0 aliphatic carbocycles. The van der Waals surface area contributed by atoms with E-state index in [4.69, 9.17) is 4.74 Å². The largest absolute Gasteiger partial charge is 0.379 e. The Morgan fingerprint density at radius 2 is 1.88 bits per heavy atom. The lowest BCUT2D eigenvalue weighted by molar-refractivity contribution is 0.0118. The molecule has 0 radical (unpaired) electrons. The van der Waals surface area contributed by atoms with Crippen molar-refractivity contribution < 1.29 is 4.74 Å². The maximum absolute atomic E-state index is 5.45. The molecule has 1 aromatic carbocycles. The zero-order chi connectivity index (χ0) is 12.9. The minimum absolute atomic E-state index is 0.0511. The number of ether oxygens (including phenoxy) is 1. The molecule has 2 nitrogen and oxygen atoms in total. The summed E-state index contributed by atoms with van der Waals surface area (Å²) in [7, 11) is 3.78. The van der Waals surface area contributed by atoms with Crippen molar-refractivity contribution in [2.45, 2.75) is 38.3 Å². The van der Waals surface area contributed by atoms with E-state index in [9.17, 15) is 0 Å². The van der Waals surface area contributed by atoms with Crippen molar-refractivity contribution in [1.29, 1.82) is 0 Å². The van der Waals surface area contributed by atoms with Crippen molar-refractivity contribution in [3.63, 3.8) is 0 Å². The van der Waals surface area contributed by atoms with E-state index in [1.165, 1.54) is 5.56 Å². The van der Waals surface area contributed by atoms with Gasteiger partial charge >= 0.3 is 0 Å². The third kappa shape index (κ3) is 4.78. The molecule has 1 unspecified atom stereocenters. The van der Waals surface area contributed by atoms with E-state index in [1.54, 1.807) is 7.11 Å². The second-order valence-electron chi connectivity index (χ2n) is 4.90. The predicted octanol–water partition coefficient (Wildman–Crippen LogP) is 3.91. The Balaban J connectivity index is 2.63. The summed E-state index contributed by atoms with van der Waals surface area (Å²) in [6.07, 6.45) is 2.10. The van der Waals surface area contributed by atoms with E-state index in [-0.39, 0.29) is 5.60 Å². The molecule has 0 spiro atoms. The molecule has 1 aromatic rings. The number of hydrogen-bond donors (Lipinski definition) is 1. The van der Waals surface area contributed by atoms with Gasteiger partial charge < -0.3 is 10.1 Å². The number of nitrogens with one attached hydrogen (secondary N) is 1. The summed E-state index contributed by atoms with van der Waals surface area (Å²) < 4.78 is 6.57. The van der Waals surface area contributed by atoms with Gasteiger partial charge in [-0.3, -0.25) is 0 Å².